The minimum atomic E-state index is -0.603. The highest BCUT2D eigenvalue weighted by Gasteiger charge is 2.58. The number of halogens is 1. The number of nitrogens with zero attached hydrogens (tertiary/aromatic N) is 1. The standard InChI is InChI=1S/C28H43FN2O2/c1-4-33-17-28(32)14-12-20-19(16-28)7-8-22-21(20)11-13-27(3)23(9-10-24(22)27)18(2)31-25-6-5-15-30-26(25)29/h5-6,15,18-24,31-32H,4,7-14,16-17H2,1-3H3/t18-,19-,20+,21-,22-,23-,24+,27-,28-/m1/s1. The average molecular weight is 459 g/mol. The van der Waals surface area contributed by atoms with Crippen LogP contribution in [0.25, 0.3) is 0 Å². The normalized spacial score (nSPS) is 43.3. The van der Waals surface area contributed by atoms with Gasteiger partial charge in [-0.1, -0.05) is 6.92 Å². The molecular formula is C28H43FN2O2. The number of ether oxygens (including phenoxy) is 1. The Balaban J connectivity index is 1.27. The van der Waals surface area contributed by atoms with Crippen molar-refractivity contribution in [2.75, 3.05) is 18.5 Å². The predicted octanol–water partition coefficient (Wildman–Crippen LogP) is 6.06. The highest BCUT2D eigenvalue weighted by molar-refractivity contribution is 5.42. The smallest absolute Gasteiger partial charge is 0.236 e. The summed E-state index contributed by atoms with van der Waals surface area (Å²) in [7, 11) is 0. The second-order valence-electron chi connectivity index (χ2n) is 12.0. The van der Waals surface area contributed by atoms with Crippen molar-refractivity contribution in [3.63, 3.8) is 0 Å². The Kier molecular flexibility index (Phi) is 6.50. The third kappa shape index (κ3) is 4.22. The lowest BCUT2D eigenvalue weighted by atomic mass is 9.48. The second kappa shape index (κ2) is 9.11. The molecule has 4 nitrogen and oxygen atoms in total. The van der Waals surface area contributed by atoms with Crippen LogP contribution in [0.1, 0.15) is 78.6 Å². The van der Waals surface area contributed by atoms with Gasteiger partial charge in [0.15, 0.2) is 0 Å². The van der Waals surface area contributed by atoms with Gasteiger partial charge in [0.2, 0.25) is 5.95 Å². The van der Waals surface area contributed by atoms with Crippen LogP contribution in [0.2, 0.25) is 0 Å². The first kappa shape index (κ1) is 23.5. The lowest BCUT2D eigenvalue weighted by molar-refractivity contribution is -0.128. The van der Waals surface area contributed by atoms with E-state index in [1.807, 2.05) is 13.0 Å². The van der Waals surface area contributed by atoms with Crippen LogP contribution >= 0.6 is 0 Å². The van der Waals surface area contributed by atoms with E-state index in [2.05, 4.69) is 24.1 Å². The molecule has 0 aromatic carbocycles. The number of anilines is 1. The highest BCUT2D eigenvalue weighted by atomic mass is 19.1. The summed E-state index contributed by atoms with van der Waals surface area (Å²) in [4.78, 5) is 3.82. The molecule has 0 radical (unpaired) electrons. The third-order valence-corrected chi connectivity index (χ3v) is 10.5. The van der Waals surface area contributed by atoms with Crippen molar-refractivity contribution < 1.29 is 14.2 Å². The Bertz CT molecular complexity index is 836. The Labute approximate surface area is 199 Å². The first-order chi connectivity index (χ1) is 15.8. The maximum Gasteiger partial charge on any atom is 0.236 e. The summed E-state index contributed by atoms with van der Waals surface area (Å²) < 4.78 is 19.8. The van der Waals surface area contributed by atoms with Crippen LogP contribution in [0, 0.1) is 46.9 Å². The van der Waals surface area contributed by atoms with Crippen LogP contribution in [0.5, 0.6) is 0 Å². The first-order valence-corrected chi connectivity index (χ1v) is 13.5. The molecule has 33 heavy (non-hydrogen) atoms. The van der Waals surface area contributed by atoms with Crippen LogP contribution in [0.15, 0.2) is 18.3 Å². The van der Waals surface area contributed by atoms with E-state index < -0.39 is 11.5 Å². The fraction of sp³-hybridized carbons (Fsp3) is 0.821. The molecule has 0 spiro atoms. The van der Waals surface area contributed by atoms with E-state index in [1.165, 1.54) is 51.1 Å². The van der Waals surface area contributed by atoms with Crippen molar-refractivity contribution in [1.82, 2.24) is 4.98 Å². The molecule has 0 aliphatic heterocycles. The summed E-state index contributed by atoms with van der Waals surface area (Å²) in [5.41, 5.74) is 0.269. The van der Waals surface area contributed by atoms with Crippen molar-refractivity contribution in [2.45, 2.75) is 90.2 Å². The summed E-state index contributed by atoms with van der Waals surface area (Å²) in [6.07, 6.45) is 12.3. The van der Waals surface area contributed by atoms with Gasteiger partial charge < -0.3 is 15.2 Å². The number of hydrogen-bond donors (Lipinski definition) is 2. The third-order valence-electron chi connectivity index (χ3n) is 10.5. The molecule has 0 amide bonds. The summed E-state index contributed by atoms with van der Waals surface area (Å²) >= 11 is 0. The van der Waals surface area contributed by atoms with E-state index in [-0.39, 0.29) is 6.04 Å². The molecule has 0 saturated heterocycles. The van der Waals surface area contributed by atoms with E-state index in [1.54, 1.807) is 6.07 Å². The molecule has 184 valence electrons. The molecule has 5 heteroatoms. The van der Waals surface area contributed by atoms with Gasteiger partial charge in [0.05, 0.1) is 17.9 Å². The maximum atomic E-state index is 14.2. The zero-order valence-electron chi connectivity index (χ0n) is 20.7. The van der Waals surface area contributed by atoms with E-state index >= 15 is 0 Å². The van der Waals surface area contributed by atoms with Gasteiger partial charge in [0.25, 0.3) is 0 Å². The Morgan fingerprint density at radius 2 is 1.97 bits per heavy atom. The number of fused-ring (bicyclic) bond motifs is 5. The predicted molar refractivity (Wildman–Crippen MR) is 129 cm³/mol. The van der Waals surface area contributed by atoms with Gasteiger partial charge in [-0.25, -0.2) is 4.98 Å². The molecular weight excluding hydrogens is 415 g/mol. The first-order valence-electron chi connectivity index (χ1n) is 13.5. The molecule has 0 bridgehead atoms. The molecule has 9 atom stereocenters. The zero-order valence-corrected chi connectivity index (χ0v) is 20.7. The van der Waals surface area contributed by atoms with Crippen molar-refractivity contribution in [1.29, 1.82) is 0 Å². The fourth-order valence-corrected chi connectivity index (χ4v) is 9.09. The quantitative estimate of drug-likeness (QED) is 0.509. The molecule has 1 heterocycles. The average Bonchev–Trinajstić information content (AvgIpc) is 3.16. The number of aliphatic hydroxyl groups is 1. The Hall–Kier alpha value is -1.20. The van der Waals surface area contributed by atoms with Crippen LogP contribution < -0.4 is 5.32 Å². The molecule has 4 aliphatic rings. The highest BCUT2D eigenvalue weighted by Crippen LogP contribution is 2.65. The minimum absolute atomic E-state index is 0.245. The molecule has 4 fully saturated rings. The van der Waals surface area contributed by atoms with E-state index in [9.17, 15) is 9.50 Å². The Morgan fingerprint density at radius 1 is 1.15 bits per heavy atom. The maximum absolute atomic E-state index is 14.2. The summed E-state index contributed by atoms with van der Waals surface area (Å²) in [5, 5.41) is 14.6. The van der Waals surface area contributed by atoms with E-state index in [0.717, 1.165) is 36.5 Å². The number of rotatable bonds is 6. The molecule has 0 unspecified atom stereocenters. The molecule has 5 rings (SSSR count). The molecule has 4 saturated carbocycles. The van der Waals surface area contributed by atoms with Crippen LogP contribution in [0.4, 0.5) is 10.1 Å². The molecule has 1 aromatic heterocycles. The van der Waals surface area contributed by atoms with Gasteiger partial charge in [-0.15, -0.1) is 0 Å². The van der Waals surface area contributed by atoms with Gasteiger partial charge in [-0.05, 0) is 125 Å². The summed E-state index contributed by atoms with van der Waals surface area (Å²) in [6.45, 7) is 7.98. The van der Waals surface area contributed by atoms with Gasteiger partial charge in [-0.2, -0.15) is 4.39 Å². The SMILES string of the molecule is CCOC[C@@]1(O)CC[C@H]2[C@H](CC[C@@H]3[C@@H]2CC[C@]2(C)[C@@H]([C@@H](C)Nc4cccnc4F)CC[C@@H]32)C1. The number of pyridine rings is 1. The van der Waals surface area contributed by atoms with E-state index in [0.29, 0.717) is 36.2 Å². The van der Waals surface area contributed by atoms with Crippen LogP contribution in [0.3, 0.4) is 0 Å². The molecule has 2 N–H and O–H groups in total. The summed E-state index contributed by atoms with van der Waals surface area (Å²) in [5.74, 6) is 4.08. The van der Waals surface area contributed by atoms with Crippen molar-refractivity contribution in [3.05, 3.63) is 24.3 Å². The van der Waals surface area contributed by atoms with Gasteiger partial charge in [-0.3, -0.25) is 0 Å². The summed E-state index contributed by atoms with van der Waals surface area (Å²) in [6, 6.07) is 3.86. The zero-order chi connectivity index (χ0) is 23.2. The van der Waals surface area contributed by atoms with Crippen molar-refractivity contribution in [2.24, 2.45) is 40.9 Å². The van der Waals surface area contributed by atoms with Crippen LogP contribution in [-0.2, 0) is 4.74 Å². The van der Waals surface area contributed by atoms with Crippen molar-refractivity contribution in [3.8, 4) is 0 Å². The molecule has 1 aromatic rings. The van der Waals surface area contributed by atoms with Crippen LogP contribution in [-0.4, -0.2) is 34.9 Å². The monoisotopic (exact) mass is 458 g/mol. The topological polar surface area (TPSA) is 54.4 Å². The fourth-order valence-electron chi connectivity index (χ4n) is 9.09. The molecule has 4 aliphatic carbocycles. The number of nitrogens with one attached hydrogen (secondary N) is 1. The second-order valence-corrected chi connectivity index (χ2v) is 12.0. The van der Waals surface area contributed by atoms with Gasteiger partial charge in [0.1, 0.15) is 0 Å². The van der Waals surface area contributed by atoms with Crippen molar-refractivity contribution >= 4 is 5.69 Å². The minimum Gasteiger partial charge on any atom is -0.387 e. The number of hydrogen-bond acceptors (Lipinski definition) is 4. The van der Waals surface area contributed by atoms with E-state index in [4.69, 9.17) is 4.74 Å². The lowest BCUT2D eigenvalue weighted by Gasteiger charge is -2.57. The van der Waals surface area contributed by atoms with Gasteiger partial charge >= 0.3 is 0 Å². The van der Waals surface area contributed by atoms with Gasteiger partial charge in [0, 0.05) is 18.8 Å². The Morgan fingerprint density at radius 3 is 2.76 bits per heavy atom. The lowest BCUT2D eigenvalue weighted by Crippen LogP contribution is -2.52. The largest absolute Gasteiger partial charge is 0.387 e. The number of aromatic nitrogens is 1.